The molecule has 4 rings (SSSR count). The SMILES string of the molecule is CN(Cc1nc(-c2ccc([N+](=O)[O-])cc2)no1)c1ccc(Oc2ccccn2)cc1. The van der Waals surface area contributed by atoms with Crippen molar-refractivity contribution in [3.63, 3.8) is 0 Å². The second-order valence-corrected chi connectivity index (χ2v) is 6.44. The predicted molar refractivity (Wildman–Crippen MR) is 109 cm³/mol. The molecule has 0 unspecified atom stereocenters. The molecule has 0 bridgehead atoms. The van der Waals surface area contributed by atoms with Crippen LogP contribution in [0.4, 0.5) is 11.4 Å². The van der Waals surface area contributed by atoms with Crippen LogP contribution in [0.2, 0.25) is 0 Å². The van der Waals surface area contributed by atoms with E-state index in [1.165, 1.54) is 12.1 Å². The average molecular weight is 403 g/mol. The number of nitro groups is 1. The van der Waals surface area contributed by atoms with Crippen LogP contribution in [0.1, 0.15) is 5.89 Å². The molecular weight excluding hydrogens is 386 g/mol. The summed E-state index contributed by atoms with van der Waals surface area (Å²) in [6.45, 7) is 0.403. The highest BCUT2D eigenvalue weighted by atomic mass is 16.6. The van der Waals surface area contributed by atoms with Gasteiger partial charge in [0.1, 0.15) is 5.75 Å². The van der Waals surface area contributed by atoms with E-state index >= 15 is 0 Å². The number of benzene rings is 2. The summed E-state index contributed by atoms with van der Waals surface area (Å²) in [6, 6.07) is 19.0. The lowest BCUT2D eigenvalue weighted by molar-refractivity contribution is -0.384. The van der Waals surface area contributed by atoms with Gasteiger partial charge in [-0.05, 0) is 42.5 Å². The molecule has 0 atom stereocenters. The third-order valence-electron chi connectivity index (χ3n) is 4.31. The van der Waals surface area contributed by atoms with Gasteiger partial charge in [-0.1, -0.05) is 11.2 Å². The smallest absolute Gasteiger partial charge is 0.269 e. The van der Waals surface area contributed by atoms with Crippen LogP contribution in [-0.4, -0.2) is 27.1 Å². The molecule has 30 heavy (non-hydrogen) atoms. The Morgan fingerprint density at radius 1 is 1.07 bits per heavy atom. The fourth-order valence-corrected chi connectivity index (χ4v) is 2.76. The molecule has 0 saturated carbocycles. The van der Waals surface area contributed by atoms with Gasteiger partial charge in [-0.3, -0.25) is 10.1 Å². The second kappa shape index (κ2) is 8.39. The van der Waals surface area contributed by atoms with Gasteiger partial charge in [-0.15, -0.1) is 0 Å². The van der Waals surface area contributed by atoms with Crippen LogP contribution in [0.25, 0.3) is 11.4 Å². The van der Waals surface area contributed by atoms with Crippen molar-refractivity contribution in [2.75, 3.05) is 11.9 Å². The van der Waals surface area contributed by atoms with E-state index < -0.39 is 4.92 Å². The number of aromatic nitrogens is 3. The number of anilines is 1. The Morgan fingerprint density at radius 3 is 2.50 bits per heavy atom. The molecular formula is C21H17N5O4. The Morgan fingerprint density at radius 2 is 1.83 bits per heavy atom. The number of pyridine rings is 1. The van der Waals surface area contributed by atoms with E-state index in [1.807, 2.05) is 48.3 Å². The third-order valence-corrected chi connectivity index (χ3v) is 4.31. The predicted octanol–water partition coefficient (Wildman–Crippen LogP) is 4.47. The summed E-state index contributed by atoms with van der Waals surface area (Å²) in [5.41, 5.74) is 1.60. The quantitative estimate of drug-likeness (QED) is 0.329. The van der Waals surface area contributed by atoms with Gasteiger partial charge in [0.2, 0.25) is 17.6 Å². The van der Waals surface area contributed by atoms with Gasteiger partial charge in [-0.2, -0.15) is 4.98 Å². The standard InChI is InChI=1S/C21H17N5O4/c1-25(16-9-11-18(12-10-16)29-19-4-2-3-13-22-19)14-20-23-21(24-30-20)15-5-7-17(8-6-15)26(27)28/h2-13H,14H2,1H3. The minimum Gasteiger partial charge on any atom is -0.439 e. The van der Waals surface area contributed by atoms with Gasteiger partial charge < -0.3 is 14.2 Å². The van der Waals surface area contributed by atoms with Gasteiger partial charge in [0.25, 0.3) is 5.69 Å². The van der Waals surface area contributed by atoms with Crippen LogP contribution in [0.15, 0.2) is 77.4 Å². The molecule has 2 aromatic heterocycles. The van der Waals surface area contributed by atoms with E-state index in [0.717, 1.165) is 5.69 Å². The minimum atomic E-state index is -0.451. The Balaban J connectivity index is 1.40. The maximum Gasteiger partial charge on any atom is 0.269 e. The first-order valence-electron chi connectivity index (χ1n) is 9.06. The van der Waals surface area contributed by atoms with Gasteiger partial charge >= 0.3 is 0 Å². The van der Waals surface area contributed by atoms with Crippen molar-refractivity contribution in [1.29, 1.82) is 0 Å². The second-order valence-electron chi connectivity index (χ2n) is 6.44. The Hall–Kier alpha value is -4.27. The summed E-state index contributed by atoms with van der Waals surface area (Å²) >= 11 is 0. The number of rotatable bonds is 7. The highest BCUT2D eigenvalue weighted by molar-refractivity contribution is 5.56. The summed E-state index contributed by atoms with van der Waals surface area (Å²) in [4.78, 5) is 20.8. The van der Waals surface area contributed by atoms with Gasteiger partial charge in [0.15, 0.2) is 0 Å². The summed E-state index contributed by atoms with van der Waals surface area (Å²) in [6.07, 6.45) is 1.67. The lowest BCUT2D eigenvalue weighted by Gasteiger charge is -2.17. The van der Waals surface area contributed by atoms with E-state index in [-0.39, 0.29) is 5.69 Å². The normalized spacial score (nSPS) is 10.6. The molecule has 0 saturated heterocycles. The third kappa shape index (κ3) is 4.41. The van der Waals surface area contributed by atoms with Crippen LogP contribution < -0.4 is 9.64 Å². The van der Waals surface area contributed by atoms with Gasteiger partial charge in [0.05, 0.1) is 11.5 Å². The molecule has 0 aliphatic carbocycles. The number of non-ortho nitro benzene ring substituents is 1. The molecule has 0 amide bonds. The molecule has 0 N–H and O–H groups in total. The molecule has 0 radical (unpaired) electrons. The average Bonchev–Trinajstić information content (AvgIpc) is 3.23. The molecule has 150 valence electrons. The van der Waals surface area contributed by atoms with Gasteiger partial charge in [0, 0.05) is 42.7 Å². The van der Waals surface area contributed by atoms with Crippen molar-refractivity contribution in [3.05, 3.63) is 88.9 Å². The molecule has 2 aromatic carbocycles. The molecule has 0 spiro atoms. The fraction of sp³-hybridized carbons (Fsp3) is 0.0952. The first-order valence-corrected chi connectivity index (χ1v) is 9.06. The minimum absolute atomic E-state index is 0.0117. The Labute approximate surface area is 171 Å². The maximum absolute atomic E-state index is 10.8. The molecule has 0 aliphatic rings. The van der Waals surface area contributed by atoms with Crippen molar-refractivity contribution in [3.8, 4) is 23.0 Å². The van der Waals surface area contributed by atoms with E-state index in [9.17, 15) is 10.1 Å². The van der Waals surface area contributed by atoms with E-state index in [1.54, 1.807) is 24.4 Å². The van der Waals surface area contributed by atoms with Crippen LogP contribution >= 0.6 is 0 Å². The number of nitro benzene ring substituents is 1. The highest BCUT2D eigenvalue weighted by Crippen LogP contribution is 2.24. The fourth-order valence-electron chi connectivity index (χ4n) is 2.76. The molecule has 4 aromatic rings. The van der Waals surface area contributed by atoms with Gasteiger partial charge in [-0.25, -0.2) is 4.98 Å². The Kier molecular flexibility index (Phi) is 5.33. The van der Waals surface area contributed by atoms with Crippen molar-refractivity contribution in [2.45, 2.75) is 6.54 Å². The van der Waals surface area contributed by atoms with Crippen LogP contribution in [0, 0.1) is 10.1 Å². The topological polar surface area (TPSA) is 107 Å². The molecule has 2 heterocycles. The zero-order valence-electron chi connectivity index (χ0n) is 16.0. The summed E-state index contributed by atoms with van der Waals surface area (Å²) in [5.74, 6) is 2.03. The lowest BCUT2D eigenvalue weighted by atomic mass is 10.2. The summed E-state index contributed by atoms with van der Waals surface area (Å²) in [7, 11) is 1.91. The van der Waals surface area contributed by atoms with Crippen LogP contribution in [0.5, 0.6) is 11.6 Å². The summed E-state index contributed by atoms with van der Waals surface area (Å²) < 4.78 is 11.0. The van der Waals surface area contributed by atoms with Crippen molar-refractivity contribution >= 4 is 11.4 Å². The van der Waals surface area contributed by atoms with Crippen molar-refractivity contribution < 1.29 is 14.2 Å². The molecule has 0 aliphatic heterocycles. The van der Waals surface area contributed by atoms with Crippen molar-refractivity contribution in [1.82, 2.24) is 15.1 Å². The highest BCUT2D eigenvalue weighted by Gasteiger charge is 2.13. The first kappa shape index (κ1) is 19.1. The monoisotopic (exact) mass is 403 g/mol. The lowest BCUT2D eigenvalue weighted by Crippen LogP contribution is -2.16. The molecule has 9 heteroatoms. The largest absolute Gasteiger partial charge is 0.439 e. The van der Waals surface area contributed by atoms with E-state index in [2.05, 4.69) is 15.1 Å². The number of hydrogen-bond acceptors (Lipinski definition) is 8. The van der Waals surface area contributed by atoms with Crippen LogP contribution in [-0.2, 0) is 6.54 Å². The molecule has 9 nitrogen and oxygen atoms in total. The van der Waals surface area contributed by atoms with Crippen LogP contribution in [0.3, 0.4) is 0 Å². The summed E-state index contributed by atoms with van der Waals surface area (Å²) in [5, 5.41) is 14.7. The zero-order valence-corrected chi connectivity index (χ0v) is 16.0. The maximum atomic E-state index is 10.8. The number of hydrogen-bond donors (Lipinski definition) is 0. The number of nitrogens with zero attached hydrogens (tertiary/aromatic N) is 5. The zero-order chi connectivity index (χ0) is 20.9. The molecule has 0 fully saturated rings. The van der Waals surface area contributed by atoms with E-state index in [0.29, 0.717) is 35.5 Å². The Bertz CT molecular complexity index is 1130. The van der Waals surface area contributed by atoms with E-state index in [4.69, 9.17) is 9.26 Å². The first-order chi connectivity index (χ1) is 14.6. The van der Waals surface area contributed by atoms with Crippen molar-refractivity contribution in [2.24, 2.45) is 0 Å². The number of ether oxygens (including phenoxy) is 1.